The van der Waals surface area contributed by atoms with Gasteiger partial charge in [-0.25, -0.2) is 0 Å². The van der Waals surface area contributed by atoms with E-state index < -0.39 is 0 Å². The van der Waals surface area contributed by atoms with Crippen molar-refractivity contribution < 1.29 is 19.2 Å². The Hall–Kier alpha value is -2.53. The minimum atomic E-state index is -0.0155. The van der Waals surface area contributed by atoms with Gasteiger partial charge in [0.05, 0.1) is 26.8 Å². The number of methoxy groups -OCH3 is 2. The SMILES string of the molecule is COc1cccc(C[NH+](C)CC(=O)Nc2ccc(C)cc2)c1OC. The lowest BCUT2D eigenvalue weighted by Crippen LogP contribution is -3.08. The summed E-state index contributed by atoms with van der Waals surface area (Å²) in [5, 5.41) is 2.92. The summed E-state index contributed by atoms with van der Waals surface area (Å²) in [6.45, 7) is 3.06. The normalized spacial score (nSPS) is 11.7. The van der Waals surface area contributed by atoms with Crippen molar-refractivity contribution in [3.05, 3.63) is 53.6 Å². The first kappa shape index (κ1) is 17.8. The van der Waals surface area contributed by atoms with Gasteiger partial charge in [0.25, 0.3) is 5.91 Å². The van der Waals surface area contributed by atoms with Crippen LogP contribution >= 0.6 is 0 Å². The lowest BCUT2D eigenvalue weighted by Gasteiger charge is -2.17. The quantitative estimate of drug-likeness (QED) is 0.812. The van der Waals surface area contributed by atoms with E-state index in [1.807, 2.05) is 56.4 Å². The molecule has 0 fully saturated rings. The van der Waals surface area contributed by atoms with Crippen molar-refractivity contribution in [3.8, 4) is 11.5 Å². The lowest BCUT2D eigenvalue weighted by atomic mass is 10.1. The Labute approximate surface area is 143 Å². The Bertz CT molecular complexity index is 684. The molecule has 1 amide bonds. The fourth-order valence-corrected chi connectivity index (χ4v) is 2.60. The van der Waals surface area contributed by atoms with Gasteiger partial charge in [-0.3, -0.25) is 4.79 Å². The van der Waals surface area contributed by atoms with Crippen molar-refractivity contribution in [2.45, 2.75) is 13.5 Å². The van der Waals surface area contributed by atoms with Gasteiger partial charge in [-0.1, -0.05) is 23.8 Å². The second-order valence-corrected chi connectivity index (χ2v) is 5.88. The van der Waals surface area contributed by atoms with E-state index in [-0.39, 0.29) is 5.91 Å². The molecule has 0 heterocycles. The first-order chi connectivity index (χ1) is 11.5. The Morgan fingerprint density at radius 2 is 1.79 bits per heavy atom. The van der Waals surface area contributed by atoms with Crippen LogP contribution in [0.2, 0.25) is 0 Å². The Morgan fingerprint density at radius 3 is 2.42 bits per heavy atom. The molecular formula is C19H25N2O3+. The monoisotopic (exact) mass is 329 g/mol. The van der Waals surface area contributed by atoms with Crippen molar-refractivity contribution in [2.24, 2.45) is 0 Å². The van der Waals surface area contributed by atoms with E-state index in [1.54, 1.807) is 14.2 Å². The second kappa shape index (κ2) is 8.36. The minimum Gasteiger partial charge on any atom is -0.493 e. The molecule has 1 atom stereocenters. The molecule has 0 radical (unpaired) electrons. The van der Waals surface area contributed by atoms with Crippen LogP contribution in [0.15, 0.2) is 42.5 Å². The summed E-state index contributed by atoms with van der Waals surface area (Å²) in [5.41, 5.74) is 3.00. The van der Waals surface area contributed by atoms with E-state index in [4.69, 9.17) is 9.47 Å². The van der Waals surface area contributed by atoms with Crippen molar-refractivity contribution in [1.29, 1.82) is 0 Å². The molecule has 0 saturated heterocycles. The molecule has 128 valence electrons. The Morgan fingerprint density at radius 1 is 1.08 bits per heavy atom. The molecule has 5 heteroatoms. The number of para-hydroxylation sites is 1. The number of likely N-dealkylation sites (N-methyl/N-ethyl adjacent to an activating group) is 1. The highest BCUT2D eigenvalue weighted by atomic mass is 16.5. The Balaban J connectivity index is 1.96. The summed E-state index contributed by atoms with van der Waals surface area (Å²) in [6.07, 6.45) is 0. The minimum absolute atomic E-state index is 0.0155. The Kier molecular flexibility index (Phi) is 6.21. The molecule has 2 aromatic carbocycles. The molecule has 0 spiro atoms. The largest absolute Gasteiger partial charge is 0.493 e. The number of carbonyl (C=O) groups is 1. The molecule has 24 heavy (non-hydrogen) atoms. The number of ether oxygens (including phenoxy) is 2. The number of amides is 1. The predicted octanol–water partition coefficient (Wildman–Crippen LogP) is 1.67. The molecule has 1 unspecified atom stereocenters. The number of aryl methyl sites for hydroxylation is 1. The summed E-state index contributed by atoms with van der Waals surface area (Å²) in [6, 6.07) is 13.6. The molecule has 2 N–H and O–H groups in total. The molecule has 5 nitrogen and oxygen atoms in total. The first-order valence-electron chi connectivity index (χ1n) is 7.91. The molecule has 0 aliphatic carbocycles. The highest BCUT2D eigenvalue weighted by Gasteiger charge is 2.16. The van der Waals surface area contributed by atoms with Crippen LogP contribution in [0.5, 0.6) is 11.5 Å². The summed E-state index contributed by atoms with van der Waals surface area (Å²) in [4.78, 5) is 13.2. The van der Waals surface area contributed by atoms with Crippen molar-refractivity contribution >= 4 is 11.6 Å². The third kappa shape index (κ3) is 4.73. The zero-order valence-corrected chi connectivity index (χ0v) is 14.7. The third-order valence-corrected chi connectivity index (χ3v) is 3.77. The van der Waals surface area contributed by atoms with Gasteiger partial charge in [0.1, 0.15) is 6.54 Å². The molecule has 2 aromatic rings. The van der Waals surface area contributed by atoms with Crippen LogP contribution in [0.25, 0.3) is 0 Å². The molecule has 0 aliphatic heterocycles. The van der Waals surface area contributed by atoms with Crippen LogP contribution < -0.4 is 19.7 Å². The van der Waals surface area contributed by atoms with Gasteiger partial charge in [0.15, 0.2) is 18.0 Å². The standard InChI is InChI=1S/C19H24N2O3/c1-14-8-10-16(11-9-14)20-18(22)13-21(2)12-15-6-5-7-17(23-3)19(15)24-4/h5-11H,12-13H2,1-4H3,(H,20,22)/p+1. The highest BCUT2D eigenvalue weighted by molar-refractivity contribution is 5.91. The van der Waals surface area contributed by atoms with Gasteiger partial charge in [-0.2, -0.15) is 0 Å². The molecule has 0 saturated carbocycles. The van der Waals surface area contributed by atoms with Gasteiger partial charge in [0.2, 0.25) is 0 Å². The number of hydrogen-bond donors (Lipinski definition) is 2. The van der Waals surface area contributed by atoms with E-state index in [2.05, 4.69) is 5.32 Å². The van der Waals surface area contributed by atoms with Crippen molar-refractivity contribution in [2.75, 3.05) is 33.1 Å². The number of nitrogens with one attached hydrogen (secondary N) is 2. The van der Waals surface area contributed by atoms with Gasteiger partial charge >= 0.3 is 0 Å². The molecule has 0 aromatic heterocycles. The van der Waals surface area contributed by atoms with Gasteiger partial charge in [-0.15, -0.1) is 0 Å². The van der Waals surface area contributed by atoms with Crippen LogP contribution in [0.3, 0.4) is 0 Å². The topological polar surface area (TPSA) is 52.0 Å². The maximum atomic E-state index is 12.2. The highest BCUT2D eigenvalue weighted by Crippen LogP contribution is 2.29. The smallest absolute Gasteiger partial charge is 0.279 e. The molecule has 2 rings (SSSR count). The van der Waals surface area contributed by atoms with Crippen LogP contribution in [0.1, 0.15) is 11.1 Å². The number of quaternary nitrogens is 1. The van der Waals surface area contributed by atoms with E-state index >= 15 is 0 Å². The van der Waals surface area contributed by atoms with E-state index in [0.717, 1.165) is 21.9 Å². The van der Waals surface area contributed by atoms with Gasteiger partial charge in [-0.05, 0) is 31.2 Å². The van der Waals surface area contributed by atoms with E-state index in [1.165, 1.54) is 5.56 Å². The fourth-order valence-electron chi connectivity index (χ4n) is 2.60. The molecular weight excluding hydrogens is 304 g/mol. The number of hydrogen-bond acceptors (Lipinski definition) is 3. The van der Waals surface area contributed by atoms with E-state index in [0.29, 0.717) is 18.8 Å². The summed E-state index contributed by atoms with van der Waals surface area (Å²) < 4.78 is 10.8. The molecule has 0 bridgehead atoms. The fraction of sp³-hybridized carbons (Fsp3) is 0.316. The number of carbonyl (C=O) groups excluding carboxylic acids is 1. The summed E-state index contributed by atoms with van der Waals surface area (Å²) >= 11 is 0. The van der Waals surface area contributed by atoms with Crippen LogP contribution in [0.4, 0.5) is 5.69 Å². The van der Waals surface area contributed by atoms with Crippen LogP contribution in [0, 0.1) is 6.92 Å². The summed E-state index contributed by atoms with van der Waals surface area (Å²) in [7, 11) is 5.22. The average molecular weight is 329 g/mol. The lowest BCUT2D eigenvalue weighted by molar-refractivity contribution is -0.885. The van der Waals surface area contributed by atoms with Gasteiger partial charge < -0.3 is 19.7 Å². The summed E-state index contributed by atoms with van der Waals surface area (Å²) in [5.74, 6) is 1.41. The number of rotatable bonds is 7. The number of anilines is 1. The number of benzene rings is 2. The van der Waals surface area contributed by atoms with Crippen molar-refractivity contribution in [3.63, 3.8) is 0 Å². The van der Waals surface area contributed by atoms with E-state index in [9.17, 15) is 4.79 Å². The third-order valence-electron chi connectivity index (χ3n) is 3.77. The van der Waals surface area contributed by atoms with Gasteiger partial charge in [0, 0.05) is 5.69 Å². The predicted molar refractivity (Wildman–Crippen MR) is 94.8 cm³/mol. The zero-order chi connectivity index (χ0) is 17.5. The zero-order valence-electron chi connectivity index (χ0n) is 14.7. The first-order valence-corrected chi connectivity index (χ1v) is 7.91. The van der Waals surface area contributed by atoms with Crippen LogP contribution in [-0.2, 0) is 11.3 Å². The maximum absolute atomic E-state index is 12.2. The average Bonchev–Trinajstić information content (AvgIpc) is 2.56. The van der Waals surface area contributed by atoms with Crippen LogP contribution in [-0.4, -0.2) is 33.7 Å². The van der Waals surface area contributed by atoms with Crippen molar-refractivity contribution in [1.82, 2.24) is 0 Å². The second-order valence-electron chi connectivity index (χ2n) is 5.88. The molecule has 0 aliphatic rings. The maximum Gasteiger partial charge on any atom is 0.279 e.